The molecule has 0 fully saturated rings. The Morgan fingerprint density at radius 1 is 1.40 bits per heavy atom. The van der Waals surface area contributed by atoms with Crippen LogP contribution in [0.1, 0.15) is 18.6 Å². The number of hydrogen-bond donors (Lipinski definition) is 2. The van der Waals surface area contributed by atoms with Crippen LogP contribution < -0.4 is 0 Å². The van der Waals surface area contributed by atoms with E-state index in [9.17, 15) is 15.2 Å². The van der Waals surface area contributed by atoms with Crippen LogP contribution in [-0.4, -0.2) is 21.7 Å². The molecule has 0 spiro atoms. The highest BCUT2D eigenvalue weighted by Crippen LogP contribution is 2.23. The summed E-state index contributed by atoms with van der Waals surface area (Å²) in [6.45, 7) is 1.57. The molecule has 82 valence electrons. The van der Waals surface area contributed by atoms with Gasteiger partial charge in [0.25, 0.3) is 5.69 Å². The molecular weight excluding hydrogens is 198 g/mol. The van der Waals surface area contributed by atoms with Crippen molar-refractivity contribution in [2.24, 2.45) is 5.92 Å². The second-order valence-corrected chi connectivity index (χ2v) is 3.45. The summed E-state index contributed by atoms with van der Waals surface area (Å²) in [6, 6.07) is 5.66. The van der Waals surface area contributed by atoms with Crippen molar-refractivity contribution < 1.29 is 15.1 Å². The van der Waals surface area contributed by atoms with Gasteiger partial charge in [0, 0.05) is 24.7 Å². The number of aliphatic hydroxyl groups is 2. The van der Waals surface area contributed by atoms with Gasteiger partial charge >= 0.3 is 0 Å². The molecule has 0 aromatic heterocycles. The number of nitro groups is 1. The molecule has 2 N–H and O–H groups in total. The maximum atomic E-state index is 10.4. The smallest absolute Gasteiger partial charge is 0.269 e. The van der Waals surface area contributed by atoms with E-state index in [4.69, 9.17) is 5.11 Å². The largest absolute Gasteiger partial charge is 0.396 e. The van der Waals surface area contributed by atoms with Crippen molar-refractivity contribution in [3.8, 4) is 0 Å². The minimum Gasteiger partial charge on any atom is -0.396 e. The van der Waals surface area contributed by atoms with Crippen LogP contribution in [0.2, 0.25) is 0 Å². The first-order valence-corrected chi connectivity index (χ1v) is 4.59. The molecule has 0 unspecified atom stereocenters. The van der Waals surface area contributed by atoms with Gasteiger partial charge in [-0.15, -0.1) is 0 Å². The van der Waals surface area contributed by atoms with E-state index in [1.165, 1.54) is 24.3 Å². The van der Waals surface area contributed by atoms with Gasteiger partial charge < -0.3 is 10.2 Å². The van der Waals surface area contributed by atoms with Crippen LogP contribution in [0, 0.1) is 16.0 Å². The molecule has 0 saturated heterocycles. The van der Waals surface area contributed by atoms with E-state index in [2.05, 4.69) is 0 Å². The van der Waals surface area contributed by atoms with Crippen molar-refractivity contribution in [1.29, 1.82) is 0 Å². The van der Waals surface area contributed by atoms with Crippen LogP contribution in [0.4, 0.5) is 5.69 Å². The fourth-order valence-electron chi connectivity index (χ4n) is 1.22. The van der Waals surface area contributed by atoms with Crippen LogP contribution >= 0.6 is 0 Å². The fourth-order valence-corrected chi connectivity index (χ4v) is 1.22. The van der Waals surface area contributed by atoms with Gasteiger partial charge in [0.2, 0.25) is 0 Å². The van der Waals surface area contributed by atoms with Gasteiger partial charge in [-0.05, 0) is 17.7 Å². The topological polar surface area (TPSA) is 83.6 Å². The zero-order valence-electron chi connectivity index (χ0n) is 8.33. The molecule has 0 aliphatic rings. The summed E-state index contributed by atoms with van der Waals surface area (Å²) in [5, 5.41) is 28.9. The summed E-state index contributed by atoms with van der Waals surface area (Å²) in [7, 11) is 0. The lowest BCUT2D eigenvalue weighted by atomic mass is 9.98. The lowest BCUT2D eigenvalue weighted by Gasteiger charge is -2.16. The van der Waals surface area contributed by atoms with Crippen LogP contribution in [0.15, 0.2) is 24.3 Å². The highest BCUT2D eigenvalue weighted by molar-refractivity contribution is 5.33. The number of rotatable bonds is 4. The number of aliphatic hydroxyl groups excluding tert-OH is 2. The average molecular weight is 211 g/mol. The van der Waals surface area contributed by atoms with Crippen molar-refractivity contribution in [3.05, 3.63) is 39.9 Å². The predicted octanol–water partition coefficient (Wildman–Crippen LogP) is 1.26. The molecule has 5 nitrogen and oxygen atoms in total. The zero-order valence-corrected chi connectivity index (χ0v) is 8.33. The minimum atomic E-state index is -0.796. The second kappa shape index (κ2) is 4.86. The predicted molar refractivity (Wildman–Crippen MR) is 54.3 cm³/mol. The van der Waals surface area contributed by atoms with Gasteiger partial charge in [-0.25, -0.2) is 0 Å². The number of hydrogen-bond acceptors (Lipinski definition) is 4. The van der Waals surface area contributed by atoms with Crippen molar-refractivity contribution in [2.45, 2.75) is 13.0 Å². The van der Waals surface area contributed by atoms with E-state index in [1.807, 2.05) is 0 Å². The Kier molecular flexibility index (Phi) is 3.76. The monoisotopic (exact) mass is 211 g/mol. The minimum absolute atomic E-state index is 0.0115. The number of non-ortho nitro benzene ring substituents is 1. The van der Waals surface area contributed by atoms with Gasteiger partial charge in [-0.1, -0.05) is 6.92 Å². The second-order valence-electron chi connectivity index (χ2n) is 3.45. The Bertz CT molecular complexity index is 336. The number of nitrogens with zero attached hydrogens (tertiary/aromatic N) is 1. The average Bonchev–Trinajstić information content (AvgIpc) is 2.27. The molecule has 0 aliphatic heterocycles. The van der Waals surface area contributed by atoms with E-state index >= 15 is 0 Å². The van der Waals surface area contributed by atoms with E-state index in [0.29, 0.717) is 5.56 Å². The molecule has 0 heterocycles. The third kappa shape index (κ3) is 2.74. The standard InChI is InChI=1S/C10H13NO4/c1-7(6-12)10(13)8-2-4-9(5-3-8)11(14)15/h2-5,7,10,12-13H,6H2,1H3/t7-,10+/m0/s1. The van der Waals surface area contributed by atoms with E-state index < -0.39 is 11.0 Å². The van der Waals surface area contributed by atoms with Gasteiger partial charge in [-0.3, -0.25) is 10.1 Å². The van der Waals surface area contributed by atoms with Gasteiger partial charge in [0.1, 0.15) is 0 Å². The number of nitro benzene ring substituents is 1. The zero-order chi connectivity index (χ0) is 11.4. The Labute approximate surface area is 87.1 Å². The first-order valence-electron chi connectivity index (χ1n) is 4.59. The quantitative estimate of drug-likeness (QED) is 0.580. The summed E-state index contributed by atoms with van der Waals surface area (Å²) in [5.74, 6) is -0.286. The molecule has 1 aromatic carbocycles. The highest BCUT2D eigenvalue weighted by Gasteiger charge is 2.16. The summed E-state index contributed by atoms with van der Waals surface area (Å²) in [5.41, 5.74) is 0.560. The van der Waals surface area contributed by atoms with E-state index in [1.54, 1.807) is 6.92 Å². The van der Waals surface area contributed by atoms with E-state index in [0.717, 1.165) is 0 Å². The molecule has 0 bridgehead atoms. The third-order valence-corrected chi connectivity index (χ3v) is 2.27. The molecule has 2 atom stereocenters. The lowest BCUT2D eigenvalue weighted by molar-refractivity contribution is -0.384. The van der Waals surface area contributed by atoms with Crippen molar-refractivity contribution >= 4 is 5.69 Å². The first kappa shape index (κ1) is 11.6. The van der Waals surface area contributed by atoms with Crippen LogP contribution in [0.25, 0.3) is 0 Å². The molecule has 1 aromatic rings. The molecule has 0 radical (unpaired) electrons. The Morgan fingerprint density at radius 2 is 1.93 bits per heavy atom. The molecule has 15 heavy (non-hydrogen) atoms. The fraction of sp³-hybridized carbons (Fsp3) is 0.400. The van der Waals surface area contributed by atoms with Crippen LogP contribution in [0.5, 0.6) is 0 Å². The Hall–Kier alpha value is -1.46. The molecule has 5 heteroatoms. The third-order valence-electron chi connectivity index (χ3n) is 2.27. The van der Waals surface area contributed by atoms with Crippen molar-refractivity contribution in [2.75, 3.05) is 6.61 Å². The van der Waals surface area contributed by atoms with E-state index in [-0.39, 0.29) is 18.2 Å². The Balaban J connectivity index is 2.84. The van der Waals surface area contributed by atoms with Gasteiger partial charge in [0.05, 0.1) is 11.0 Å². The van der Waals surface area contributed by atoms with Crippen LogP contribution in [0.3, 0.4) is 0 Å². The number of benzene rings is 1. The maximum Gasteiger partial charge on any atom is 0.269 e. The first-order chi connectivity index (χ1) is 7.06. The summed E-state index contributed by atoms with van der Waals surface area (Å²) in [6.07, 6.45) is -0.796. The molecule has 0 amide bonds. The summed E-state index contributed by atoms with van der Waals surface area (Å²) in [4.78, 5) is 9.88. The molecule has 0 saturated carbocycles. The van der Waals surface area contributed by atoms with Gasteiger partial charge in [-0.2, -0.15) is 0 Å². The Morgan fingerprint density at radius 3 is 2.33 bits per heavy atom. The summed E-state index contributed by atoms with van der Waals surface area (Å²) >= 11 is 0. The maximum absolute atomic E-state index is 10.4. The highest BCUT2D eigenvalue weighted by atomic mass is 16.6. The lowest BCUT2D eigenvalue weighted by Crippen LogP contribution is -2.12. The van der Waals surface area contributed by atoms with Crippen molar-refractivity contribution in [1.82, 2.24) is 0 Å². The SMILES string of the molecule is C[C@@H](CO)[C@@H](O)c1ccc([N+](=O)[O-])cc1. The normalized spacial score (nSPS) is 14.6. The van der Waals surface area contributed by atoms with Gasteiger partial charge in [0.15, 0.2) is 0 Å². The molecule has 1 rings (SSSR count). The molecular formula is C10H13NO4. The van der Waals surface area contributed by atoms with Crippen LogP contribution in [-0.2, 0) is 0 Å². The van der Waals surface area contributed by atoms with Crippen molar-refractivity contribution in [3.63, 3.8) is 0 Å². The summed E-state index contributed by atoms with van der Waals surface area (Å²) < 4.78 is 0. The molecule has 0 aliphatic carbocycles.